The lowest BCUT2D eigenvalue weighted by Crippen LogP contribution is -2.13. The Hall–Kier alpha value is -1.16. The second-order valence-corrected chi connectivity index (χ2v) is 6.73. The molecule has 0 radical (unpaired) electrons. The summed E-state index contributed by atoms with van der Waals surface area (Å²) in [6.07, 6.45) is -10.0. The Morgan fingerprint density at radius 1 is 0.952 bits per heavy atom. The Labute approximate surface area is 119 Å². The van der Waals surface area contributed by atoms with Gasteiger partial charge in [0.1, 0.15) is 12.4 Å². The first-order chi connectivity index (χ1) is 9.29. The number of hydrogen-bond donors (Lipinski definition) is 0. The summed E-state index contributed by atoms with van der Waals surface area (Å²) in [6, 6.07) is 0.622. The van der Waals surface area contributed by atoms with Crippen molar-refractivity contribution in [3.05, 3.63) is 29.3 Å². The van der Waals surface area contributed by atoms with Crippen LogP contribution in [0.25, 0.3) is 0 Å². The van der Waals surface area contributed by atoms with Crippen LogP contribution in [0.15, 0.2) is 18.2 Å². The summed E-state index contributed by atoms with van der Waals surface area (Å²) >= 11 is 0. The van der Waals surface area contributed by atoms with Crippen LogP contribution in [-0.2, 0) is 21.4 Å². The molecule has 0 spiro atoms. The molecule has 0 fully saturated rings. The second-order valence-electron chi connectivity index (χ2n) is 3.83. The lowest BCUT2D eigenvalue weighted by molar-refractivity contribution is -0.143. The van der Waals surface area contributed by atoms with Crippen molar-refractivity contribution in [1.82, 2.24) is 0 Å². The lowest BCUT2D eigenvalue weighted by Gasteiger charge is -2.14. The van der Waals surface area contributed by atoms with Crippen molar-refractivity contribution < 1.29 is 39.5 Å². The maximum Gasteiger partial charge on any atom is 0.416 e. The molecule has 0 atom stereocenters. The van der Waals surface area contributed by atoms with E-state index in [0.29, 0.717) is 12.1 Å². The van der Waals surface area contributed by atoms with Crippen molar-refractivity contribution in [2.24, 2.45) is 0 Å². The van der Waals surface area contributed by atoms with Crippen molar-refractivity contribution in [2.75, 3.05) is 12.4 Å². The molecule has 1 rings (SSSR count). The van der Waals surface area contributed by atoms with Crippen LogP contribution in [0.3, 0.4) is 0 Å². The summed E-state index contributed by atoms with van der Waals surface area (Å²) in [5.41, 5.74) is -3.11. The Balaban J connectivity index is 3.08. The van der Waals surface area contributed by atoms with Gasteiger partial charge in [-0.25, -0.2) is 8.42 Å². The van der Waals surface area contributed by atoms with Crippen LogP contribution in [0.1, 0.15) is 11.1 Å². The van der Waals surface area contributed by atoms with Crippen LogP contribution >= 0.6 is 10.7 Å². The molecular weight excluding hydrogens is 350 g/mol. The summed E-state index contributed by atoms with van der Waals surface area (Å²) in [5.74, 6) is -1.51. The standard InChI is InChI=1S/C10H7ClF6O3S/c11-21(18,19)2-1-20-8-4-6(9(12,13)14)3-7(5-8)10(15,16)17/h3-5H,1-2H2. The van der Waals surface area contributed by atoms with Gasteiger partial charge in [0.05, 0.1) is 16.9 Å². The molecule has 11 heteroatoms. The molecule has 120 valence electrons. The van der Waals surface area contributed by atoms with Gasteiger partial charge in [-0.05, 0) is 18.2 Å². The van der Waals surface area contributed by atoms with Crippen LogP contribution in [0.5, 0.6) is 5.75 Å². The maximum atomic E-state index is 12.5. The number of hydrogen-bond acceptors (Lipinski definition) is 3. The van der Waals surface area contributed by atoms with Crippen LogP contribution in [0.2, 0.25) is 0 Å². The molecule has 21 heavy (non-hydrogen) atoms. The predicted octanol–water partition coefficient (Wildman–Crippen LogP) is 3.67. The van der Waals surface area contributed by atoms with Gasteiger partial charge in [0.25, 0.3) is 0 Å². The Kier molecular flexibility index (Phi) is 5.04. The fourth-order valence-corrected chi connectivity index (χ4v) is 1.74. The predicted molar refractivity (Wildman–Crippen MR) is 61.6 cm³/mol. The van der Waals surface area contributed by atoms with Gasteiger partial charge < -0.3 is 4.74 Å². The molecule has 0 bridgehead atoms. The molecule has 0 heterocycles. The first-order valence-corrected chi connectivity index (χ1v) is 7.61. The molecule has 0 saturated heterocycles. The maximum absolute atomic E-state index is 12.5. The van der Waals surface area contributed by atoms with Crippen molar-refractivity contribution in [3.63, 3.8) is 0 Å². The molecule has 0 aliphatic carbocycles. The third kappa shape index (κ3) is 6.00. The van der Waals surface area contributed by atoms with Crippen LogP contribution < -0.4 is 4.74 Å². The summed E-state index contributed by atoms with van der Waals surface area (Å²) in [7, 11) is 0.871. The summed E-state index contributed by atoms with van der Waals surface area (Å²) in [4.78, 5) is 0. The summed E-state index contributed by atoms with van der Waals surface area (Å²) in [5, 5.41) is 0. The average molecular weight is 357 g/mol. The average Bonchev–Trinajstić information content (AvgIpc) is 2.24. The number of benzene rings is 1. The van der Waals surface area contributed by atoms with Gasteiger partial charge in [0.15, 0.2) is 0 Å². The quantitative estimate of drug-likeness (QED) is 0.610. The van der Waals surface area contributed by atoms with E-state index in [1.54, 1.807) is 0 Å². The molecule has 1 aromatic rings. The van der Waals surface area contributed by atoms with E-state index < -0.39 is 50.6 Å². The fraction of sp³-hybridized carbons (Fsp3) is 0.400. The van der Waals surface area contributed by atoms with Crippen molar-refractivity contribution in [1.29, 1.82) is 0 Å². The van der Waals surface area contributed by atoms with Crippen LogP contribution in [-0.4, -0.2) is 20.8 Å². The number of halogens is 7. The highest BCUT2D eigenvalue weighted by Gasteiger charge is 2.37. The normalized spacial score (nSPS) is 13.3. The van der Waals surface area contributed by atoms with E-state index in [0.717, 1.165) is 0 Å². The molecular formula is C10H7ClF6O3S. The minimum Gasteiger partial charge on any atom is -0.492 e. The summed E-state index contributed by atoms with van der Waals surface area (Å²) < 4.78 is 101. The van der Waals surface area contributed by atoms with E-state index in [4.69, 9.17) is 10.7 Å². The van der Waals surface area contributed by atoms with E-state index in [9.17, 15) is 34.8 Å². The molecule has 0 saturated carbocycles. The molecule has 0 unspecified atom stereocenters. The Morgan fingerprint density at radius 3 is 1.71 bits per heavy atom. The first kappa shape index (κ1) is 17.9. The minimum atomic E-state index is -5.00. The minimum absolute atomic E-state index is 0.0643. The van der Waals surface area contributed by atoms with Crippen LogP contribution in [0, 0.1) is 0 Å². The highest BCUT2D eigenvalue weighted by molar-refractivity contribution is 8.13. The Morgan fingerprint density at radius 2 is 1.38 bits per heavy atom. The van der Waals surface area contributed by atoms with Gasteiger partial charge in [-0.3, -0.25) is 0 Å². The highest BCUT2D eigenvalue weighted by atomic mass is 35.7. The van der Waals surface area contributed by atoms with E-state index >= 15 is 0 Å². The van der Waals surface area contributed by atoms with Crippen LogP contribution in [0.4, 0.5) is 26.3 Å². The zero-order valence-corrected chi connectivity index (χ0v) is 11.5. The van der Waals surface area contributed by atoms with Crippen molar-refractivity contribution in [2.45, 2.75) is 12.4 Å². The third-order valence-electron chi connectivity index (χ3n) is 2.16. The van der Waals surface area contributed by atoms with Gasteiger partial charge in [-0.1, -0.05) is 0 Å². The zero-order valence-electron chi connectivity index (χ0n) is 9.93. The second kappa shape index (κ2) is 5.91. The molecule has 1 aromatic carbocycles. The number of rotatable bonds is 4. The van der Waals surface area contributed by atoms with Gasteiger partial charge in [0.2, 0.25) is 9.05 Å². The molecule has 0 aliphatic rings. The van der Waals surface area contributed by atoms with E-state index in [1.807, 2.05) is 0 Å². The van der Waals surface area contributed by atoms with E-state index in [-0.39, 0.29) is 6.07 Å². The Bertz CT molecular complexity index is 576. The topological polar surface area (TPSA) is 43.4 Å². The zero-order chi connectivity index (χ0) is 16.5. The van der Waals surface area contributed by atoms with Crippen molar-refractivity contribution in [3.8, 4) is 5.75 Å². The van der Waals surface area contributed by atoms with Gasteiger partial charge in [0, 0.05) is 10.7 Å². The molecule has 0 N–H and O–H groups in total. The van der Waals surface area contributed by atoms with E-state index in [1.165, 1.54) is 0 Å². The smallest absolute Gasteiger partial charge is 0.416 e. The monoisotopic (exact) mass is 356 g/mol. The number of ether oxygens (including phenoxy) is 1. The van der Waals surface area contributed by atoms with Gasteiger partial charge >= 0.3 is 12.4 Å². The fourth-order valence-electron chi connectivity index (χ4n) is 1.27. The van der Waals surface area contributed by atoms with E-state index in [2.05, 4.69) is 4.74 Å². The largest absolute Gasteiger partial charge is 0.492 e. The lowest BCUT2D eigenvalue weighted by atomic mass is 10.1. The molecule has 0 aliphatic heterocycles. The molecule has 0 aromatic heterocycles. The highest BCUT2D eigenvalue weighted by Crippen LogP contribution is 2.38. The molecule has 3 nitrogen and oxygen atoms in total. The SMILES string of the molecule is O=S(=O)(Cl)CCOc1cc(C(F)(F)F)cc(C(F)(F)F)c1. The van der Waals surface area contributed by atoms with Gasteiger partial charge in [-0.15, -0.1) is 0 Å². The first-order valence-electron chi connectivity index (χ1n) is 5.14. The molecule has 0 amide bonds. The van der Waals surface area contributed by atoms with Crippen molar-refractivity contribution >= 4 is 19.7 Å². The summed E-state index contributed by atoms with van der Waals surface area (Å²) in [6.45, 7) is -0.676. The van der Waals surface area contributed by atoms with Gasteiger partial charge in [-0.2, -0.15) is 26.3 Å². The number of alkyl halides is 6. The third-order valence-corrected chi connectivity index (χ3v) is 3.27.